The molecule has 10 nitrogen and oxygen atoms in total. The summed E-state index contributed by atoms with van der Waals surface area (Å²) in [5, 5.41) is 44.8. The Balaban J connectivity index is 1.62. The van der Waals surface area contributed by atoms with E-state index < -0.39 is 58.1 Å². The van der Waals surface area contributed by atoms with Crippen molar-refractivity contribution in [3.63, 3.8) is 0 Å². The number of hydrogen-bond donors (Lipinski definition) is 5. The summed E-state index contributed by atoms with van der Waals surface area (Å²) < 4.78 is 21.2. The summed E-state index contributed by atoms with van der Waals surface area (Å²) in [5.74, 6) is -5.61. The molecule has 2 fully saturated rings. The van der Waals surface area contributed by atoms with E-state index >= 15 is 4.39 Å². The SMILES string of the molecule is C=C1C(C(N)=O)=C(O)[C@@H](N(C)C)C2C[C@@H]3Cc4c(F)c(CN5CCOCC5)cc(O)c4C(O)=C3C(=O)[C@]12O. The molecule has 0 aromatic heterocycles. The zero-order valence-electron chi connectivity index (χ0n) is 21.3. The van der Waals surface area contributed by atoms with Crippen LogP contribution < -0.4 is 5.73 Å². The van der Waals surface area contributed by atoms with Crippen molar-refractivity contribution < 1.29 is 39.1 Å². The molecule has 1 aliphatic heterocycles. The lowest BCUT2D eigenvalue weighted by Crippen LogP contribution is -2.63. The predicted molar refractivity (Wildman–Crippen MR) is 134 cm³/mol. The standard InChI is InChI=1S/C27H32FN3O7/c1-12-18(26(29)36)24(34)22(30(2)3)16-9-13-8-15-20(23(33)19(13)25(35)27(12,16)37)17(32)10-14(21(15)28)11-31-4-6-38-7-5-31/h10,13,16,22,32-34,37H,1,4-9,11H2,2-3H3,(H2,29,36)/t13-,16?,22-,27-/m0/s1. The first kappa shape index (κ1) is 26.4. The van der Waals surface area contributed by atoms with Gasteiger partial charge in [0.05, 0.1) is 30.4 Å². The summed E-state index contributed by atoms with van der Waals surface area (Å²) in [7, 11) is 3.24. The average Bonchev–Trinajstić information content (AvgIpc) is 2.84. The Bertz CT molecular complexity index is 1310. The number of nitrogens with two attached hydrogens (primary N) is 1. The van der Waals surface area contributed by atoms with Gasteiger partial charge in [-0.15, -0.1) is 0 Å². The number of phenolic OH excluding ortho intramolecular Hbond substituents is 1. The smallest absolute Gasteiger partial charge is 0.252 e. The largest absolute Gasteiger partial charge is 0.510 e. The molecule has 3 aliphatic carbocycles. The van der Waals surface area contributed by atoms with Crippen LogP contribution in [0, 0.1) is 17.7 Å². The first-order valence-electron chi connectivity index (χ1n) is 12.5. The summed E-state index contributed by atoms with van der Waals surface area (Å²) in [6.45, 7) is 6.26. The van der Waals surface area contributed by atoms with Crippen LogP contribution in [0.15, 0.2) is 35.1 Å². The molecule has 1 amide bonds. The van der Waals surface area contributed by atoms with E-state index in [1.165, 1.54) is 6.07 Å². The summed E-state index contributed by atoms with van der Waals surface area (Å²) in [5.41, 5.74) is 2.33. The highest BCUT2D eigenvalue weighted by Gasteiger charge is 2.62. The van der Waals surface area contributed by atoms with Gasteiger partial charge in [0, 0.05) is 47.8 Å². The molecule has 1 aromatic rings. The number of ketones is 1. The number of ether oxygens (including phenoxy) is 1. The molecule has 1 unspecified atom stereocenters. The van der Waals surface area contributed by atoms with E-state index in [0.717, 1.165) is 0 Å². The van der Waals surface area contributed by atoms with Crippen LogP contribution in [0.4, 0.5) is 4.39 Å². The molecule has 1 saturated heterocycles. The molecule has 5 rings (SSSR count). The van der Waals surface area contributed by atoms with Gasteiger partial charge in [0.1, 0.15) is 23.1 Å². The van der Waals surface area contributed by atoms with Gasteiger partial charge in [-0.05, 0) is 38.9 Å². The van der Waals surface area contributed by atoms with Crippen molar-refractivity contribution in [1.82, 2.24) is 9.80 Å². The van der Waals surface area contributed by atoms with Gasteiger partial charge < -0.3 is 30.9 Å². The van der Waals surface area contributed by atoms with Gasteiger partial charge in [-0.3, -0.25) is 19.4 Å². The Morgan fingerprint density at radius 1 is 1.29 bits per heavy atom. The van der Waals surface area contributed by atoms with Crippen molar-refractivity contribution in [2.75, 3.05) is 40.4 Å². The zero-order valence-corrected chi connectivity index (χ0v) is 21.3. The molecule has 1 aromatic carbocycles. The number of carbonyl (C=O) groups excluding carboxylic acids is 2. The molecule has 0 bridgehead atoms. The van der Waals surface area contributed by atoms with E-state index in [1.54, 1.807) is 19.0 Å². The fraction of sp³-hybridized carbons (Fsp3) is 0.481. The molecule has 11 heteroatoms. The Morgan fingerprint density at radius 2 is 1.95 bits per heavy atom. The maximum absolute atomic E-state index is 15.8. The first-order valence-corrected chi connectivity index (χ1v) is 12.5. The number of Topliss-reactive ketones (excluding diaryl/α,β-unsaturated/α-hetero) is 1. The molecule has 0 spiro atoms. The lowest BCUT2D eigenvalue weighted by atomic mass is 9.56. The fourth-order valence-corrected chi connectivity index (χ4v) is 6.63. The number of aliphatic hydroxyl groups excluding tert-OH is 2. The second-order valence-electron chi connectivity index (χ2n) is 10.7. The molecule has 4 atom stereocenters. The number of aromatic hydroxyl groups is 1. The van der Waals surface area contributed by atoms with Crippen LogP contribution in [-0.2, 0) is 27.3 Å². The fourth-order valence-electron chi connectivity index (χ4n) is 6.63. The third-order valence-corrected chi connectivity index (χ3v) is 8.41. The second-order valence-corrected chi connectivity index (χ2v) is 10.7. The summed E-state index contributed by atoms with van der Waals surface area (Å²) in [6.07, 6.45) is 0.0517. The predicted octanol–water partition coefficient (Wildman–Crippen LogP) is 0.922. The molecule has 38 heavy (non-hydrogen) atoms. The van der Waals surface area contributed by atoms with Crippen molar-refractivity contribution in [3.8, 4) is 5.75 Å². The minimum atomic E-state index is -2.35. The molecule has 4 aliphatic rings. The molecule has 204 valence electrons. The van der Waals surface area contributed by atoms with Gasteiger partial charge in [0.2, 0.25) is 0 Å². The lowest BCUT2D eigenvalue weighted by molar-refractivity contribution is -0.143. The van der Waals surface area contributed by atoms with E-state index in [-0.39, 0.29) is 53.0 Å². The third-order valence-electron chi connectivity index (χ3n) is 8.41. The number of amides is 1. The van der Waals surface area contributed by atoms with Crippen molar-refractivity contribution in [2.45, 2.75) is 31.0 Å². The molecular formula is C27H32FN3O7. The molecule has 1 saturated carbocycles. The summed E-state index contributed by atoms with van der Waals surface area (Å²) in [6, 6.07) is 0.284. The van der Waals surface area contributed by atoms with Crippen LogP contribution in [0.3, 0.4) is 0 Å². The number of morpholine rings is 1. The van der Waals surface area contributed by atoms with Crippen LogP contribution in [0.1, 0.15) is 23.1 Å². The van der Waals surface area contributed by atoms with Crippen molar-refractivity contribution in [1.29, 1.82) is 0 Å². The highest BCUT2D eigenvalue weighted by molar-refractivity contribution is 6.13. The van der Waals surface area contributed by atoms with Crippen LogP contribution >= 0.6 is 0 Å². The number of halogens is 1. The maximum Gasteiger partial charge on any atom is 0.252 e. The second kappa shape index (κ2) is 9.19. The molecule has 1 heterocycles. The quantitative estimate of drug-likeness (QED) is 0.383. The van der Waals surface area contributed by atoms with E-state index in [2.05, 4.69) is 6.58 Å². The topological polar surface area (TPSA) is 157 Å². The van der Waals surface area contributed by atoms with Gasteiger partial charge in [0.25, 0.3) is 5.91 Å². The average molecular weight is 530 g/mol. The number of aliphatic hydroxyl groups is 3. The zero-order chi connectivity index (χ0) is 27.7. The Hall–Kier alpha value is -3.25. The highest BCUT2D eigenvalue weighted by atomic mass is 19.1. The van der Waals surface area contributed by atoms with Gasteiger partial charge in [-0.1, -0.05) is 6.58 Å². The van der Waals surface area contributed by atoms with Gasteiger partial charge in [-0.25, -0.2) is 4.39 Å². The van der Waals surface area contributed by atoms with Crippen LogP contribution in [0.25, 0.3) is 5.76 Å². The third kappa shape index (κ3) is 3.68. The van der Waals surface area contributed by atoms with E-state index in [0.29, 0.717) is 26.3 Å². The summed E-state index contributed by atoms with van der Waals surface area (Å²) >= 11 is 0. The normalized spacial score (nSPS) is 29.9. The summed E-state index contributed by atoms with van der Waals surface area (Å²) in [4.78, 5) is 29.7. The number of benzene rings is 1. The number of primary amides is 1. The maximum atomic E-state index is 15.8. The minimum Gasteiger partial charge on any atom is -0.510 e. The van der Waals surface area contributed by atoms with E-state index in [9.17, 15) is 30.0 Å². The van der Waals surface area contributed by atoms with Crippen molar-refractivity contribution in [2.24, 2.45) is 17.6 Å². The molecular weight excluding hydrogens is 497 g/mol. The lowest BCUT2D eigenvalue weighted by Gasteiger charge is -2.52. The number of phenols is 1. The minimum absolute atomic E-state index is 0.0107. The van der Waals surface area contributed by atoms with E-state index in [4.69, 9.17) is 10.5 Å². The van der Waals surface area contributed by atoms with Crippen LogP contribution in [0.2, 0.25) is 0 Å². The number of rotatable bonds is 4. The van der Waals surface area contributed by atoms with Crippen LogP contribution in [-0.4, -0.2) is 94.0 Å². The number of nitrogens with zero attached hydrogens (tertiary/aromatic N) is 2. The Morgan fingerprint density at radius 3 is 2.55 bits per heavy atom. The highest BCUT2D eigenvalue weighted by Crippen LogP contribution is 2.54. The number of hydrogen-bond acceptors (Lipinski definition) is 9. The van der Waals surface area contributed by atoms with Crippen molar-refractivity contribution >= 4 is 17.4 Å². The molecule has 0 radical (unpaired) electrons. The Kier molecular flexibility index (Phi) is 6.38. The van der Waals surface area contributed by atoms with Gasteiger partial charge in [0.15, 0.2) is 11.4 Å². The molecule has 6 N–H and O–H groups in total. The number of fused-ring (bicyclic) bond motifs is 3. The first-order chi connectivity index (χ1) is 17.9. The number of likely N-dealkylation sites (N-methyl/N-ethyl adjacent to an activating group) is 1. The monoisotopic (exact) mass is 529 g/mol. The van der Waals surface area contributed by atoms with Gasteiger partial charge >= 0.3 is 0 Å². The van der Waals surface area contributed by atoms with Gasteiger partial charge in [-0.2, -0.15) is 0 Å². The Labute approximate surface area is 219 Å². The number of carbonyl (C=O) groups is 2. The van der Waals surface area contributed by atoms with Crippen LogP contribution in [0.5, 0.6) is 5.75 Å². The van der Waals surface area contributed by atoms with Crippen molar-refractivity contribution in [3.05, 3.63) is 57.6 Å². The van der Waals surface area contributed by atoms with E-state index in [1.807, 2.05) is 4.90 Å².